The number of carbonyl (C=O) groups is 1. The SMILES string of the molecule is COc1cc(C2C(C#N)=C(N)Oc3cc(OC(=O)c4oc5cc(C)cc(C)c5c4C)ccc32)ccc1OCc1ccc(F)cc1. The number of nitrogens with zero attached hydrogens (tertiary/aromatic N) is 1. The van der Waals surface area contributed by atoms with Gasteiger partial charge in [0.05, 0.1) is 13.0 Å². The molecule has 9 heteroatoms. The normalized spacial score (nSPS) is 14.0. The van der Waals surface area contributed by atoms with E-state index in [1.54, 1.807) is 42.5 Å². The highest BCUT2D eigenvalue weighted by atomic mass is 19.1. The molecule has 0 aliphatic carbocycles. The van der Waals surface area contributed by atoms with Crippen molar-refractivity contribution in [2.75, 3.05) is 7.11 Å². The molecule has 0 saturated carbocycles. The number of fused-ring (bicyclic) bond motifs is 2. The monoisotopic (exact) mass is 604 g/mol. The summed E-state index contributed by atoms with van der Waals surface area (Å²) in [5, 5.41) is 10.9. The third kappa shape index (κ3) is 5.54. The van der Waals surface area contributed by atoms with E-state index >= 15 is 0 Å². The molecule has 0 spiro atoms. The van der Waals surface area contributed by atoms with Crippen LogP contribution in [0.15, 0.2) is 88.7 Å². The third-order valence-electron chi connectivity index (χ3n) is 7.79. The van der Waals surface area contributed by atoms with E-state index in [4.69, 9.17) is 29.1 Å². The second-order valence-electron chi connectivity index (χ2n) is 10.9. The number of esters is 1. The van der Waals surface area contributed by atoms with Crippen molar-refractivity contribution in [3.8, 4) is 29.1 Å². The number of benzene rings is 4. The molecule has 0 saturated heterocycles. The summed E-state index contributed by atoms with van der Waals surface area (Å²) in [6, 6.07) is 22.4. The Morgan fingerprint density at radius 2 is 1.78 bits per heavy atom. The summed E-state index contributed by atoms with van der Waals surface area (Å²) in [5.74, 6) is -0.0241. The number of carbonyl (C=O) groups excluding carboxylic acids is 1. The number of furan rings is 1. The fourth-order valence-electron chi connectivity index (χ4n) is 5.70. The van der Waals surface area contributed by atoms with Crippen LogP contribution in [0.1, 0.15) is 49.9 Å². The van der Waals surface area contributed by atoms with Crippen molar-refractivity contribution in [1.29, 1.82) is 5.26 Å². The van der Waals surface area contributed by atoms with Crippen LogP contribution in [0.2, 0.25) is 0 Å². The van der Waals surface area contributed by atoms with E-state index in [0.717, 1.165) is 22.1 Å². The van der Waals surface area contributed by atoms with Gasteiger partial charge in [-0.2, -0.15) is 5.26 Å². The minimum atomic E-state index is -0.643. The van der Waals surface area contributed by atoms with Crippen LogP contribution in [0.25, 0.3) is 11.0 Å². The predicted molar refractivity (Wildman–Crippen MR) is 165 cm³/mol. The van der Waals surface area contributed by atoms with E-state index in [-0.39, 0.29) is 35.4 Å². The molecule has 0 amide bonds. The maximum Gasteiger partial charge on any atom is 0.379 e. The lowest BCUT2D eigenvalue weighted by molar-refractivity contribution is 0.0702. The maximum absolute atomic E-state index is 13.3. The standard InChI is InChI=1S/C36H29FN2O6/c1-19-13-20(2)32-21(3)34(44-31(32)14-19)36(40)43-25-10-11-26-29(16-25)45-35(39)27(17-38)33(26)23-7-12-28(30(15-23)41-4)42-18-22-5-8-24(37)9-6-22/h5-16,33H,18,39H2,1-4H3. The molecule has 0 fully saturated rings. The van der Waals surface area contributed by atoms with Crippen molar-refractivity contribution in [3.63, 3.8) is 0 Å². The molecule has 2 heterocycles. The van der Waals surface area contributed by atoms with Gasteiger partial charge in [-0.1, -0.05) is 30.3 Å². The Balaban J connectivity index is 1.28. The van der Waals surface area contributed by atoms with Gasteiger partial charge in [0.15, 0.2) is 11.5 Å². The van der Waals surface area contributed by atoms with Crippen molar-refractivity contribution in [2.24, 2.45) is 5.73 Å². The number of rotatable bonds is 7. The van der Waals surface area contributed by atoms with Gasteiger partial charge in [0.25, 0.3) is 0 Å². The molecule has 5 aromatic rings. The van der Waals surface area contributed by atoms with Gasteiger partial charge in [-0.15, -0.1) is 0 Å². The minimum absolute atomic E-state index is 0.0620. The fourth-order valence-corrected chi connectivity index (χ4v) is 5.70. The molecule has 1 aliphatic rings. The average molecular weight is 605 g/mol. The molecule has 226 valence electrons. The van der Waals surface area contributed by atoms with Crippen LogP contribution in [0.3, 0.4) is 0 Å². The van der Waals surface area contributed by atoms with Gasteiger partial charge in [0.2, 0.25) is 11.6 Å². The van der Waals surface area contributed by atoms with Gasteiger partial charge in [0.1, 0.15) is 41.1 Å². The first kappa shape index (κ1) is 29.3. The van der Waals surface area contributed by atoms with Crippen molar-refractivity contribution in [2.45, 2.75) is 33.3 Å². The summed E-state index contributed by atoms with van der Waals surface area (Å²) in [6.45, 7) is 5.98. The Morgan fingerprint density at radius 1 is 1.00 bits per heavy atom. The largest absolute Gasteiger partial charge is 0.493 e. The number of allylic oxidation sites excluding steroid dienone is 1. The zero-order valence-corrected chi connectivity index (χ0v) is 25.1. The summed E-state index contributed by atoms with van der Waals surface area (Å²) in [6.07, 6.45) is 0. The molecule has 2 N–H and O–H groups in total. The first-order valence-electron chi connectivity index (χ1n) is 14.2. The van der Waals surface area contributed by atoms with E-state index < -0.39 is 11.9 Å². The molecule has 1 aliphatic heterocycles. The molecule has 4 aromatic carbocycles. The quantitative estimate of drug-likeness (QED) is 0.150. The van der Waals surface area contributed by atoms with Gasteiger partial charge in [-0.3, -0.25) is 0 Å². The summed E-state index contributed by atoms with van der Waals surface area (Å²) in [7, 11) is 1.52. The molecule has 8 nitrogen and oxygen atoms in total. The topological polar surface area (TPSA) is 117 Å². The number of ether oxygens (including phenoxy) is 4. The predicted octanol–water partition coefficient (Wildman–Crippen LogP) is 7.52. The molecule has 1 unspecified atom stereocenters. The van der Waals surface area contributed by atoms with E-state index in [2.05, 4.69) is 6.07 Å². The molecule has 0 bridgehead atoms. The van der Waals surface area contributed by atoms with E-state index in [1.807, 2.05) is 39.0 Å². The van der Waals surface area contributed by atoms with Crippen molar-refractivity contribution in [1.82, 2.24) is 0 Å². The lowest BCUT2D eigenvalue weighted by Gasteiger charge is -2.27. The molecular weight excluding hydrogens is 575 g/mol. The van der Waals surface area contributed by atoms with Crippen molar-refractivity contribution >= 4 is 16.9 Å². The molecule has 1 atom stereocenters. The highest BCUT2D eigenvalue weighted by Gasteiger charge is 2.32. The zero-order chi connectivity index (χ0) is 31.8. The number of aryl methyl sites for hydroxylation is 3. The number of hydrogen-bond acceptors (Lipinski definition) is 8. The second kappa shape index (κ2) is 11.7. The first-order chi connectivity index (χ1) is 21.7. The first-order valence-corrected chi connectivity index (χ1v) is 14.2. The van der Waals surface area contributed by atoms with E-state index in [0.29, 0.717) is 39.5 Å². The van der Waals surface area contributed by atoms with Gasteiger partial charge in [-0.05, 0) is 79.4 Å². The lowest BCUT2D eigenvalue weighted by Crippen LogP contribution is -2.21. The molecule has 0 radical (unpaired) electrons. The number of methoxy groups -OCH3 is 1. The fraction of sp³-hybridized carbons (Fsp3) is 0.167. The molecular formula is C36H29FN2O6. The number of nitrogens with two attached hydrogens (primary N) is 1. The Labute approximate surface area is 259 Å². The second-order valence-corrected chi connectivity index (χ2v) is 10.9. The van der Waals surface area contributed by atoms with Gasteiger partial charge in [-0.25, -0.2) is 9.18 Å². The number of halogens is 1. The Bertz CT molecular complexity index is 2040. The maximum atomic E-state index is 13.3. The smallest absolute Gasteiger partial charge is 0.379 e. The van der Waals surface area contributed by atoms with E-state index in [1.165, 1.54) is 19.2 Å². The zero-order valence-electron chi connectivity index (χ0n) is 25.1. The molecule has 1 aromatic heterocycles. The average Bonchev–Trinajstić information content (AvgIpc) is 3.36. The van der Waals surface area contributed by atoms with Crippen LogP contribution in [0, 0.1) is 37.9 Å². The highest BCUT2D eigenvalue weighted by molar-refractivity contribution is 5.98. The third-order valence-corrected chi connectivity index (χ3v) is 7.79. The number of hydrogen-bond donors (Lipinski definition) is 1. The molecule has 6 rings (SSSR count). The number of nitriles is 1. The van der Waals surface area contributed by atoms with E-state index in [9.17, 15) is 14.4 Å². The van der Waals surface area contributed by atoms with Crippen LogP contribution in [0.5, 0.6) is 23.0 Å². The summed E-state index contributed by atoms with van der Waals surface area (Å²) in [5.41, 5.74) is 11.9. The van der Waals surface area contributed by atoms with Crippen LogP contribution < -0.4 is 24.7 Å². The summed E-state index contributed by atoms with van der Waals surface area (Å²) < 4.78 is 42.3. The van der Waals surface area contributed by atoms with Crippen LogP contribution in [0.4, 0.5) is 4.39 Å². The Morgan fingerprint density at radius 3 is 2.51 bits per heavy atom. The highest BCUT2D eigenvalue weighted by Crippen LogP contribution is 2.45. The Hall–Kier alpha value is -5.75. The summed E-state index contributed by atoms with van der Waals surface area (Å²) in [4.78, 5) is 13.2. The van der Waals surface area contributed by atoms with Crippen LogP contribution in [-0.4, -0.2) is 13.1 Å². The summed E-state index contributed by atoms with van der Waals surface area (Å²) >= 11 is 0. The molecule has 45 heavy (non-hydrogen) atoms. The lowest BCUT2D eigenvalue weighted by atomic mass is 9.83. The van der Waals surface area contributed by atoms with Gasteiger partial charge in [0, 0.05) is 22.6 Å². The van der Waals surface area contributed by atoms with Crippen molar-refractivity contribution in [3.05, 3.63) is 129 Å². The van der Waals surface area contributed by atoms with Crippen molar-refractivity contribution < 1.29 is 32.5 Å². The Kier molecular flexibility index (Phi) is 7.65. The van der Waals surface area contributed by atoms with Gasteiger partial charge >= 0.3 is 5.97 Å². The van der Waals surface area contributed by atoms with Crippen LogP contribution >= 0.6 is 0 Å². The minimum Gasteiger partial charge on any atom is -0.493 e. The van der Waals surface area contributed by atoms with Gasteiger partial charge < -0.3 is 29.1 Å². The van der Waals surface area contributed by atoms with Crippen LogP contribution in [-0.2, 0) is 6.61 Å².